The number of unbranched alkanes of at least 4 members (excludes halogenated alkanes) is 2. The van der Waals surface area contributed by atoms with Crippen molar-refractivity contribution >= 4 is 34.2 Å². The molecule has 1 aliphatic carbocycles. The van der Waals surface area contributed by atoms with E-state index in [-0.39, 0.29) is 5.56 Å². The van der Waals surface area contributed by atoms with Crippen LogP contribution in [0.3, 0.4) is 0 Å². The second kappa shape index (κ2) is 7.70. The molecule has 1 aliphatic rings. The highest BCUT2D eigenvalue weighted by Gasteiger charge is 2.60. The number of aryl methyl sites for hydroxylation is 2. The Bertz CT molecular complexity index is 1130. The van der Waals surface area contributed by atoms with Gasteiger partial charge in [0, 0.05) is 12.1 Å². The average molecular weight is 427 g/mol. The zero-order chi connectivity index (χ0) is 23.3. The van der Waals surface area contributed by atoms with E-state index in [0.29, 0.717) is 23.2 Å². The van der Waals surface area contributed by atoms with Crippen LogP contribution >= 0.6 is 0 Å². The molecule has 1 saturated carbocycles. The molecule has 0 radical (unpaired) electrons. The van der Waals surface area contributed by atoms with Crippen LogP contribution in [0.25, 0.3) is 11.1 Å². The summed E-state index contributed by atoms with van der Waals surface area (Å²) < 4.78 is 6.83. The molecular weight excluding hydrogens is 398 g/mol. The lowest BCUT2D eigenvalue weighted by Crippen LogP contribution is -2.59. The zero-order valence-electron chi connectivity index (χ0n) is 19.0. The molecule has 1 fully saturated rings. The smallest absolute Gasteiger partial charge is 0.408 e. The monoisotopic (exact) mass is 427 g/mol. The van der Waals surface area contributed by atoms with Gasteiger partial charge in [0.1, 0.15) is 5.92 Å². The van der Waals surface area contributed by atoms with Gasteiger partial charge in [0.2, 0.25) is 0 Å². The first kappa shape index (κ1) is 22.8. The van der Waals surface area contributed by atoms with Crippen molar-refractivity contribution in [1.82, 2.24) is 4.57 Å². The second-order valence-corrected chi connectivity index (χ2v) is 9.42. The van der Waals surface area contributed by atoms with E-state index in [1.807, 2.05) is 0 Å². The number of ketones is 4. The lowest BCUT2D eigenvalue weighted by atomic mass is 9.57. The molecule has 0 atom stereocenters. The van der Waals surface area contributed by atoms with Crippen molar-refractivity contribution in [3.05, 3.63) is 33.8 Å². The van der Waals surface area contributed by atoms with Gasteiger partial charge in [-0.1, -0.05) is 19.8 Å². The van der Waals surface area contributed by atoms with E-state index >= 15 is 0 Å². The van der Waals surface area contributed by atoms with Crippen molar-refractivity contribution in [2.75, 3.05) is 0 Å². The van der Waals surface area contributed by atoms with Crippen LogP contribution in [0.5, 0.6) is 0 Å². The normalized spacial score (nSPS) is 18.7. The Kier molecular flexibility index (Phi) is 5.67. The first-order valence-corrected chi connectivity index (χ1v) is 10.7. The van der Waals surface area contributed by atoms with Crippen molar-refractivity contribution in [3.8, 4) is 0 Å². The van der Waals surface area contributed by atoms with Gasteiger partial charge in [0.25, 0.3) is 0 Å². The van der Waals surface area contributed by atoms with Crippen molar-refractivity contribution < 1.29 is 23.6 Å². The summed E-state index contributed by atoms with van der Waals surface area (Å²) >= 11 is 0. The molecule has 1 aromatic heterocycles. The fourth-order valence-corrected chi connectivity index (χ4v) is 4.56. The van der Waals surface area contributed by atoms with Gasteiger partial charge in [-0.15, -0.1) is 0 Å². The minimum Gasteiger partial charge on any atom is -0.408 e. The highest BCUT2D eigenvalue weighted by molar-refractivity contribution is 6.37. The Labute approximate surface area is 180 Å². The number of carbonyl (C=O) groups is 4. The predicted molar refractivity (Wildman–Crippen MR) is 115 cm³/mol. The molecule has 7 heteroatoms. The summed E-state index contributed by atoms with van der Waals surface area (Å²) in [6.07, 6.45) is 2.72. The van der Waals surface area contributed by atoms with E-state index in [4.69, 9.17) is 4.42 Å². The van der Waals surface area contributed by atoms with Gasteiger partial charge in [-0.05, 0) is 58.7 Å². The summed E-state index contributed by atoms with van der Waals surface area (Å²) in [5.41, 5.74) is -1.35. The summed E-state index contributed by atoms with van der Waals surface area (Å²) in [4.78, 5) is 64.6. The van der Waals surface area contributed by atoms with Crippen molar-refractivity contribution in [1.29, 1.82) is 0 Å². The van der Waals surface area contributed by atoms with Gasteiger partial charge in [-0.25, -0.2) is 4.79 Å². The standard InChI is InChI=1S/C24H29NO6/c1-7-8-9-12-25-17-13(2)14(10-11-15(17)31-22(25)30)18(26)16-19(27)23(3,4)21(29)24(5,6)20(16)28/h10-11,16H,7-9,12H2,1-6H3. The van der Waals surface area contributed by atoms with Gasteiger partial charge < -0.3 is 4.42 Å². The van der Waals surface area contributed by atoms with Gasteiger partial charge in [-0.2, -0.15) is 0 Å². The molecule has 0 bridgehead atoms. The van der Waals surface area contributed by atoms with Crippen LogP contribution in [0, 0.1) is 23.7 Å². The molecule has 31 heavy (non-hydrogen) atoms. The molecule has 0 saturated heterocycles. The molecular formula is C24H29NO6. The molecule has 166 valence electrons. The van der Waals surface area contributed by atoms with Crippen LogP contribution < -0.4 is 5.76 Å². The summed E-state index contributed by atoms with van der Waals surface area (Å²) in [6.45, 7) is 10.0. The molecule has 0 N–H and O–H groups in total. The van der Waals surface area contributed by atoms with E-state index < -0.39 is 45.6 Å². The summed E-state index contributed by atoms with van der Waals surface area (Å²) in [5.74, 6) is -4.54. The van der Waals surface area contributed by atoms with Crippen LogP contribution in [0.15, 0.2) is 21.3 Å². The number of aromatic nitrogens is 1. The topological polar surface area (TPSA) is 103 Å². The molecule has 0 aliphatic heterocycles. The van der Waals surface area contributed by atoms with E-state index in [9.17, 15) is 24.0 Å². The number of carbonyl (C=O) groups excluding carboxylic acids is 4. The van der Waals surface area contributed by atoms with Crippen LogP contribution in [0.4, 0.5) is 0 Å². The first-order chi connectivity index (χ1) is 14.4. The number of fused-ring (bicyclic) bond motifs is 1. The Morgan fingerprint density at radius 1 is 1.00 bits per heavy atom. The number of Topliss-reactive ketones (excluding diaryl/α,β-unsaturated/α-hetero) is 4. The molecule has 7 nitrogen and oxygen atoms in total. The molecule has 0 unspecified atom stereocenters. The maximum Gasteiger partial charge on any atom is 0.419 e. The summed E-state index contributed by atoms with van der Waals surface area (Å²) in [5, 5.41) is 0. The highest BCUT2D eigenvalue weighted by Crippen LogP contribution is 2.42. The van der Waals surface area contributed by atoms with Crippen LogP contribution in [0.2, 0.25) is 0 Å². The fraction of sp³-hybridized carbons (Fsp3) is 0.542. The Morgan fingerprint density at radius 2 is 1.58 bits per heavy atom. The Hall–Kier alpha value is -2.83. The number of rotatable bonds is 6. The van der Waals surface area contributed by atoms with Crippen molar-refractivity contribution in [3.63, 3.8) is 0 Å². The highest BCUT2D eigenvalue weighted by atomic mass is 16.4. The molecule has 0 spiro atoms. The number of oxazole rings is 1. The van der Waals surface area contributed by atoms with Crippen molar-refractivity contribution in [2.45, 2.75) is 67.3 Å². The van der Waals surface area contributed by atoms with E-state index in [1.54, 1.807) is 6.92 Å². The van der Waals surface area contributed by atoms with Crippen LogP contribution in [-0.4, -0.2) is 27.7 Å². The third-order valence-corrected chi connectivity index (χ3v) is 6.49. The van der Waals surface area contributed by atoms with Crippen LogP contribution in [0.1, 0.15) is 69.8 Å². The lowest BCUT2D eigenvalue weighted by molar-refractivity contribution is -0.158. The molecule has 1 heterocycles. The SMILES string of the molecule is CCCCCn1c(=O)oc2ccc(C(=O)C3C(=O)C(C)(C)C(=O)C(C)(C)C3=O)c(C)c21. The van der Waals surface area contributed by atoms with E-state index in [0.717, 1.165) is 19.3 Å². The zero-order valence-corrected chi connectivity index (χ0v) is 19.0. The third kappa shape index (κ3) is 3.40. The second-order valence-electron chi connectivity index (χ2n) is 9.42. The van der Waals surface area contributed by atoms with Gasteiger partial charge in [-0.3, -0.25) is 23.7 Å². The minimum atomic E-state index is -1.55. The maximum absolute atomic E-state index is 13.5. The van der Waals surface area contributed by atoms with E-state index in [2.05, 4.69) is 6.92 Å². The van der Waals surface area contributed by atoms with Gasteiger partial charge >= 0.3 is 5.76 Å². The maximum atomic E-state index is 13.5. The van der Waals surface area contributed by atoms with Crippen LogP contribution in [-0.2, 0) is 20.9 Å². The Morgan fingerprint density at radius 3 is 2.13 bits per heavy atom. The van der Waals surface area contributed by atoms with Gasteiger partial charge in [0.15, 0.2) is 28.7 Å². The Balaban J connectivity index is 2.12. The number of hydrogen-bond acceptors (Lipinski definition) is 6. The average Bonchev–Trinajstić information content (AvgIpc) is 3.02. The number of hydrogen-bond donors (Lipinski definition) is 0. The third-order valence-electron chi connectivity index (χ3n) is 6.49. The van der Waals surface area contributed by atoms with Gasteiger partial charge in [0.05, 0.1) is 16.3 Å². The minimum absolute atomic E-state index is 0.185. The van der Waals surface area contributed by atoms with Crippen molar-refractivity contribution in [2.24, 2.45) is 16.7 Å². The molecule has 1 aromatic carbocycles. The first-order valence-electron chi connectivity index (χ1n) is 10.7. The molecule has 3 rings (SSSR count). The molecule has 2 aromatic rings. The quantitative estimate of drug-likeness (QED) is 0.396. The summed E-state index contributed by atoms with van der Waals surface area (Å²) in [6, 6.07) is 3.00. The fourth-order valence-electron chi connectivity index (χ4n) is 4.56. The van der Waals surface area contributed by atoms with E-state index in [1.165, 1.54) is 44.4 Å². The number of nitrogens with zero attached hydrogens (tertiary/aromatic N) is 1. The predicted octanol–water partition coefficient (Wildman–Crippen LogP) is 3.67. The number of benzene rings is 1. The largest absolute Gasteiger partial charge is 0.419 e. The lowest BCUT2D eigenvalue weighted by Gasteiger charge is -2.40. The summed E-state index contributed by atoms with van der Waals surface area (Å²) in [7, 11) is 0. The molecule has 0 amide bonds.